The second-order valence-corrected chi connectivity index (χ2v) is 7.16. The molecule has 6 heteroatoms. The monoisotopic (exact) mass is 360 g/mol. The maximum Gasteiger partial charge on any atom is 0.269 e. The lowest BCUT2D eigenvalue weighted by molar-refractivity contribution is 0.0949. The fourth-order valence-electron chi connectivity index (χ4n) is 4.14. The SMILES string of the molecule is Nc1cccc(-c2cc3c(cc2O)CCc2c-3nn3c2C(=O)NCCC3)c1. The second kappa shape index (κ2) is 5.87. The van der Waals surface area contributed by atoms with Crippen LogP contribution in [0.2, 0.25) is 0 Å². The maximum atomic E-state index is 12.5. The summed E-state index contributed by atoms with van der Waals surface area (Å²) >= 11 is 0. The van der Waals surface area contributed by atoms with Crippen LogP contribution in [0.15, 0.2) is 36.4 Å². The molecule has 0 fully saturated rings. The third kappa shape index (κ3) is 2.48. The topological polar surface area (TPSA) is 93.2 Å². The number of benzene rings is 2. The zero-order valence-electron chi connectivity index (χ0n) is 14.8. The van der Waals surface area contributed by atoms with Crippen LogP contribution in [0.4, 0.5) is 5.69 Å². The summed E-state index contributed by atoms with van der Waals surface area (Å²) in [6.07, 6.45) is 2.40. The third-order valence-corrected chi connectivity index (χ3v) is 5.42. The fraction of sp³-hybridized carbons (Fsp3) is 0.238. The molecule has 0 saturated heterocycles. The Hall–Kier alpha value is -3.28. The number of fused-ring (bicyclic) bond motifs is 5. The number of aryl methyl sites for hydroxylation is 2. The van der Waals surface area contributed by atoms with Crippen molar-refractivity contribution < 1.29 is 9.90 Å². The number of phenolic OH excluding ortho intramolecular Hbond substituents is 1. The lowest BCUT2D eigenvalue weighted by Crippen LogP contribution is -2.24. The number of rotatable bonds is 1. The van der Waals surface area contributed by atoms with Gasteiger partial charge in [-0.3, -0.25) is 9.48 Å². The number of carbonyl (C=O) groups is 1. The van der Waals surface area contributed by atoms with Gasteiger partial charge in [0.1, 0.15) is 11.4 Å². The van der Waals surface area contributed by atoms with Gasteiger partial charge in [-0.25, -0.2) is 0 Å². The van der Waals surface area contributed by atoms with Crippen LogP contribution in [0, 0.1) is 0 Å². The van der Waals surface area contributed by atoms with Crippen molar-refractivity contribution in [2.24, 2.45) is 0 Å². The first-order valence-electron chi connectivity index (χ1n) is 9.22. The van der Waals surface area contributed by atoms with Crippen molar-refractivity contribution in [3.63, 3.8) is 0 Å². The van der Waals surface area contributed by atoms with Gasteiger partial charge in [-0.2, -0.15) is 5.10 Å². The number of hydrogen-bond donors (Lipinski definition) is 3. The van der Waals surface area contributed by atoms with E-state index in [0.29, 0.717) is 17.9 Å². The molecule has 1 aromatic heterocycles. The number of phenols is 1. The highest BCUT2D eigenvalue weighted by Gasteiger charge is 2.30. The Morgan fingerprint density at radius 1 is 1.15 bits per heavy atom. The van der Waals surface area contributed by atoms with Crippen molar-refractivity contribution >= 4 is 11.6 Å². The Kier molecular flexibility index (Phi) is 3.47. The van der Waals surface area contributed by atoms with Crippen LogP contribution in [0.1, 0.15) is 28.0 Å². The molecule has 2 aliphatic rings. The fourth-order valence-corrected chi connectivity index (χ4v) is 4.14. The van der Waals surface area contributed by atoms with E-state index < -0.39 is 0 Å². The van der Waals surface area contributed by atoms with E-state index in [1.165, 1.54) is 0 Å². The van der Waals surface area contributed by atoms with Crippen LogP contribution < -0.4 is 11.1 Å². The van der Waals surface area contributed by atoms with Gasteiger partial charge in [-0.05, 0) is 54.7 Å². The van der Waals surface area contributed by atoms with Crippen molar-refractivity contribution in [2.45, 2.75) is 25.8 Å². The maximum absolute atomic E-state index is 12.5. The molecular formula is C21H20N4O2. The van der Waals surface area contributed by atoms with Gasteiger partial charge in [0.05, 0.1) is 5.69 Å². The minimum Gasteiger partial charge on any atom is -0.507 e. The summed E-state index contributed by atoms with van der Waals surface area (Å²) in [6, 6.07) is 11.3. The normalized spacial score (nSPS) is 15.3. The number of anilines is 1. The van der Waals surface area contributed by atoms with Crippen molar-refractivity contribution in [2.75, 3.05) is 12.3 Å². The molecule has 4 N–H and O–H groups in total. The van der Waals surface area contributed by atoms with E-state index in [1.807, 2.05) is 41.1 Å². The molecule has 1 aliphatic carbocycles. The number of nitrogens with zero attached hydrogens (tertiary/aromatic N) is 2. The van der Waals surface area contributed by atoms with Crippen LogP contribution in [-0.2, 0) is 19.4 Å². The summed E-state index contributed by atoms with van der Waals surface area (Å²) in [5.74, 6) is 0.195. The van der Waals surface area contributed by atoms with Crippen molar-refractivity contribution in [1.82, 2.24) is 15.1 Å². The first-order chi connectivity index (χ1) is 13.1. The molecule has 0 atom stereocenters. The van der Waals surface area contributed by atoms with Crippen LogP contribution in [0.3, 0.4) is 0 Å². The van der Waals surface area contributed by atoms with E-state index in [1.54, 1.807) is 0 Å². The Balaban J connectivity index is 1.70. The minimum atomic E-state index is -0.0421. The van der Waals surface area contributed by atoms with E-state index in [4.69, 9.17) is 10.8 Å². The van der Waals surface area contributed by atoms with Crippen molar-refractivity contribution in [3.8, 4) is 28.1 Å². The quantitative estimate of drug-likeness (QED) is 0.582. The molecule has 6 nitrogen and oxygen atoms in total. The molecule has 1 aliphatic heterocycles. The molecule has 1 amide bonds. The van der Waals surface area contributed by atoms with Gasteiger partial charge >= 0.3 is 0 Å². The zero-order chi connectivity index (χ0) is 18.5. The van der Waals surface area contributed by atoms with Gasteiger partial charge in [0, 0.05) is 35.5 Å². The Morgan fingerprint density at radius 2 is 2.04 bits per heavy atom. The largest absolute Gasteiger partial charge is 0.507 e. The predicted molar refractivity (Wildman–Crippen MR) is 104 cm³/mol. The first kappa shape index (κ1) is 15.9. The highest BCUT2D eigenvalue weighted by molar-refractivity contribution is 5.97. The molecule has 0 radical (unpaired) electrons. The molecule has 0 unspecified atom stereocenters. The second-order valence-electron chi connectivity index (χ2n) is 7.16. The van der Waals surface area contributed by atoms with Gasteiger partial charge in [0.15, 0.2) is 0 Å². The molecule has 2 heterocycles. The standard InChI is InChI=1S/C21H20N4O2/c22-14-4-1-3-12(9-14)16-11-17-13(10-18(16)26)5-6-15-19(17)24-25-8-2-7-23-21(27)20(15)25/h1,3-4,9-11,26H,2,5-8,22H2,(H,23,27). The van der Waals surface area contributed by atoms with Crippen molar-refractivity contribution in [1.29, 1.82) is 0 Å². The first-order valence-corrected chi connectivity index (χ1v) is 9.22. The third-order valence-electron chi connectivity index (χ3n) is 5.42. The lowest BCUT2D eigenvalue weighted by atomic mass is 9.86. The van der Waals surface area contributed by atoms with E-state index in [0.717, 1.165) is 59.3 Å². The summed E-state index contributed by atoms with van der Waals surface area (Å²) in [6.45, 7) is 1.41. The number of nitrogen functional groups attached to an aromatic ring is 1. The highest BCUT2D eigenvalue weighted by atomic mass is 16.3. The van der Waals surface area contributed by atoms with Gasteiger partial charge in [-0.1, -0.05) is 12.1 Å². The molecule has 0 bridgehead atoms. The Morgan fingerprint density at radius 3 is 2.89 bits per heavy atom. The van der Waals surface area contributed by atoms with Gasteiger partial charge in [-0.15, -0.1) is 0 Å². The average molecular weight is 360 g/mol. The summed E-state index contributed by atoms with van der Waals surface area (Å²) in [7, 11) is 0. The number of amides is 1. The van der Waals surface area contributed by atoms with Crippen LogP contribution in [0.5, 0.6) is 5.75 Å². The van der Waals surface area contributed by atoms with E-state index in [9.17, 15) is 9.90 Å². The number of aromatic hydroxyl groups is 1. The van der Waals surface area contributed by atoms with E-state index in [-0.39, 0.29) is 11.7 Å². The van der Waals surface area contributed by atoms with Crippen molar-refractivity contribution in [3.05, 3.63) is 53.2 Å². The predicted octanol–water partition coefficient (Wildman–Crippen LogP) is 2.74. The van der Waals surface area contributed by atoms with Crippen LogP contribution in [-0.4, -0.2) is 27.3 Å². The van der Waals surface area contributed by atoms with Crippen LogP contribution in [0.25, 0.3) is 22.4 Å². The lowest BCUT2D eigenvalue weighted by Gasteiger charge is -2.18. The summed E-state index contributed by atoms with van der Waals surface area (Å²) in [5, 5.41) is 18.3. The Bertz CT molecular complexity index is 1080. The van der Waals surface area contributed by atoms with E-state index in [2.05, 4.69) is 5.32 Å². The molecule has 5 rings (SSSR count). The zero-order valence-corrected chi connectivity index (χ0v) is 14.8. The Labute approximate surface area is 156 Å². The van der Waals surface area contributed by atoms with E-state index >= 15 is 0 Å². The minimum absolute atomic E-state index is 0.0421. The smallest absolute Gasteiger partial charge is 0.269 e. The summed E-state index contributed by atoms with van der Waals surface area (Å²) in [5.41, 5.74) is 12.7. The number of aromatic nitrogens is 2. The van der Waals surface area contributed by atoms with Gasteiger partial charge in [0.2, 0.25) is 0 Å². The number of nitrogens with one attached hydrogen (secondary N) is 1. The van der Waals surface area contributed by atoms with Gasteiger partial charge < -0.3 is 16.2 Å². The average Bonchev–Trinajstić information content (AvgIpc) is 2.93. The molecular weight excluding hydrogens is 340 g/mol. The summed E-state index contributed by atoms with van der Waals surface area (Å²) in [4.78, 5) is 12.5. The molecule has 0 saturated carbocycles. The highest BCUT2D eigenvalue weighted by Crippen LogP contribution is 2.41. The van der Waals surface area contributed by atoms with Gasteiger partial charge in [0.25, 0.3) is 5.91 Å². The molecule has 136 valence electrons. The molecule has 2 aromatic carbocycles. The number of nitrogens with two attached hydrogens (primary N) is 1. The van der Waals surface area contributed by atoms with Crippen LogP contribution >= 0.6 is 0 Å². The molecule has 3 aromatic rings. The number of hydrogen-bond acceptors (Lipinski definition) is 4. The number of carbonyl (C=O) groups excluding carboxylic acids is 1. The molecule has 0 spiro atoms. The molecule has 27 heavy (non-hydrogen) atoms. The summed E-state index contributed by atoms with van der Waals surface area (Å²) < 4.78 is 1.84.